The van der Waals surface area contributed by atoms with E-state index in [0.29, 0.717) is 6.04 Å². The molecule has 3 aromatic rings. The van der Waals surface area contributed by atoms with Gasteiger partial charge in [-0.1, -0.05) is 42.5 Å². The predicted octanol–water partition coefficient (Wildman–Crippen LogP) is 3.19. The third kappa shape index (κ3) is 3.64. The van der Waals surface area contributed by atoms with Crippen molar-refractivity contribution in [1.29, 1.82) is 0 Å². The largest absolute Gasteiger partial charge is 0.336 e. The van der Waals surface area contributed by atoms with Gasteiger partial charge in [-0.2, -0.15) is 5.10 Å². The van der Waals surface area contributed by atoms with Crippen LogP contribution in [0.25, 0.3) is 22.4 Å². The monoisotopic (exact) mass is 360 g/mol. The number of rotatable bonds is 3. The van der Waals surface area contributed by atoms with Gasteiger partial charge in [-0.05, 0) is 24.6 Å². The van der Waals surface area contributed by atoms with E-state index >= 15 is 0 Å². The quantitative estimate of drug-likeness (QED) is 0.780. The van der Waals surface area contributed by atoms with Gasteiger partial charge in [0.25, 0.3) is 5.91 Å². The van der Waals surface area contributed by atoms with Gasteiger partial charge >= 0.3 is 0 Å². The highest BCUT2D eigenvalue weighted by Gasteiger charge is 2.22. The van der Waals surface area contributed by atoms with Crippen LogP contribution in [0.2, 0.25) is 0 Å². The molecule has 0 spiro atoms. The molecule has 0 bridgehead atoms. The Morgan fingerprint density at radius 2 is 1.89 bits per heavy atom. The summed E-state index contributed by atoms with van der Waals surface area (Å²) in [5, 5.41) is 8.02. The van der Waals surface area contributed by atoms with E-state index in [-0.39, 0.29) is 5.91 Å². The van der Waals surface area contributed by atoms with Crippen molar-refractivity contribution in [1.82, 2.24) is 20.0 Å². The van der Waals surface area contributed by atoms with Gasteiger partial charge < -0.3 is 10.2 Å². The molecule has 0 saturated carbocycles. The first-order valence-electron chi connectivity index (χ1n) is 9.34. The number of piperazine rings is 1. The lowest BCUT2D eigenvalue weighted by molar-refractivity contribution is 0.0709. The van der Waals surface area contributed by atoms with Gasteiger partial charge in [0, 0.05) is 55.6 Å². The Morgan fingerprint density at radius 3 is 2.67 bits per heavy atom. The smallest absolute Gasteiger partial charge is 0.253 e. The van der Waals surface area contributed by atoms with Gasteiger partial charge in [0.1, 0.15) is 5.69 Å². The average molecular weight is 360 g/mol. The summed E-state index contributed by atoms with van der Waals surface area (Å²) in [7, 11) is 1.92. The lowest BCUT2D eigenvalue weighted by Crippen LogP contribution is -2.51. The first kappa shape index (κ1) is 17.5. The second kappa shape index (κ2) is 7.37. The van der Waals surface area contributed by atoms with Gasteiger partial charge in [0.15, 0.2) is 0 Å². The van der Waals surface area contributed by atoms with Crippen molar-refractivity contribution in [2.24, 2.45) is 7.05 Å². The molecule has 0 radical (unpaired) electrons. The third-order valence-corrected chi connectivity index (χ3v) is 4.95. The van der Waals surface area contributed by atoms with E-state index in [1.807, 2.05) is 65.3 Å². The minimum absolute atomic E-state index is 0.0929. The van der Waals surface area contributed by atoms with Crippen molar-refractivity contribution < 1.29 is 4.79 Å². The summed E-state index contributed by atoms with van der Waals surface area (Å²) in [5.74, 6) is 0.0929. The van der Waals surface area contributed by atoms with Crippen LogP contribution < -0.4 is 5.32 Å². The Morgan fingerprint density at radius 1 is 1.11 bits per heavy atom. The molecule has 5 heteroatoms. The van der Waals surface area contributed by atoms with Gasteiger partial charge in [0.2, 0.25) is 0 Å². The van der Waals surface area contributed by atoms with E-state index in [1.54, 1.807) is 0 Å². The van der Waals surface area contributed by atoms with Crippen LogP contribution >= 0.6 is 0 Å². The van der Waals surface area contributed by atoms with Crippen LogP contribution in [0.3, 0.4) is 0 Å². The van der Waals surface area contributed by atoms with Crippen LogP contribution in [0.1, 0.15) is 17.3 Å². The lowest BCUT2D eigenvalue weighted by atomic mass is 9.99. The molecule has 1 aliphatic rings. The zero-order valence-corrected chi connectivity index (χ0v) is 15.7. The van der Waals surface area contributed by atoms with Crippen LogP contribution in [-0.2, 0) is 7.05 Å². The zero-order valence-electron chi connectivity index (χ0n) is 15.7. The van der Waals surface area contributed by atoms with E-state index in [4.69, 9.17) is 0 Å². The summed E-state index contributed by atoms with van der Waals surface area (Å²) in [4.78, 5) is 14.9. The second-order valence-corrected chi connectivity index (χ2v) is 7.12. The SMILES string of the molecule is C[C@H]1CN(C(=O)c2cccc(-c3cn(C)nc3-c3ccccc3)c2)CCN1. The molecular formula is C22H24N4O. The van der Waals surface area contributed by atoms with E-state index in [0.717, 1.165) is 47.6 Å². The number of hydrogen-bond acceptors (Lipinski definition) is 3. The number of aryl methyl sites for hydroxylation is 1. The highest BCUT2D eigenvalue weighted by atomic mass is 16.2. The Hall–Kier alpha value is -2.92. The Bertz CT molecular complexity index is 948. The Balaban J connectivity index is 1.69. The van der Waals surface area contributed by atoms with Crippen LogP contribution in [0.5, 0.6) is 0 Å². The normalized spacial score (nSPS) is 17.1. The van der Waals surface area contributed by atoms with Crippen molar-refractivity contribution in [2.45, 2.75) is 13.0 Å². The maximum atomic E-state index is 13.0. The number of nitrogens with zero attached hydrogens (tertiary/aromatic N) is 3. The van der Waals surface area contributed by atoms with Crippen LogP contribution in [0, 0.1) is 0 Å². The molecule has 1 aromatic heterocycles. The van der Waals surface area contributed by atoms with Crippen molar-refractivity contribution >= 4 is 5.91 Å². The molecule has 1 fully saturated rings. The molecule has 5 nitrogen and oxygen atoms in total. The maximum Gasteiger partial charge on any atom is 0.253 e. The number of carbonyl (C=O) groups excluding carboxylic acids is 1. The third-order valence-electron chi connectivity index (χ3n) is 4.95. The number of hydrogen-bond donors (Lipinski definition) is 1. The number of carbonyl (C=O) groups is 1. The number of nitrogens with one attached hydrogen (secondary N) is 1. The average Bonchev–Trinajstić information content (AvgIpc) is 3.10. The molecule has 1 aliphatic heterocycles. The Kier molecular flexibility index (Phi) is 4.77. The molecule has 4 rings (SSSR count). The summed E-state index contributed by atoms with van der Waals surface area (Å²) >= 11 is 0. The molecular weight excluding hydrogens is 336 g/mol. The van der Waals surface area contributed by atoms with E-state index in [2.05, 4.69) is 29.5 Å². The van der Waals surface area contributed by atoms with Crippen molar-refractivity contribution in [3.8, 4) is 22.4 Å². The molecule has 0 aliphatic carbocycles. The highest BCUT2D eigenvalue weighted by Crippen LogP contribution is 2.31. The lowest BCUT2D eigenvalue weighted by Gasteiger charge is -2.32. The van der Waals surface area contributed by atoms with Gasteiger partial charge in [-0.3, -0.25) is 9.48 Å². The molecule has 27 heavy (non-hydrogen) atoms. The van der Waals surface area contributed by atoms with Crippen LogP contribution in [-0.4, -0.2) is 46.3 Å². The summed E-state index contributed by atoms with van der Waals surface area (Å²) in [6.07, 6.45) is 2.01. The predicted molar refractivity (Wildman–Crippen MR) is 107 cm³/mol. The molecule has 1 amide bonds. The number of benzene rings is 2. The molecule has 0 unspecified atom stereocenters. The molecule has 138 valence electrons. The van der Waals surface area contributed by atoms with Crippen molar-refractivity contribution in [2.75, 3.05) is 19.6 Å². The molecule has 2 aromatic carbocycles. The minimum Gasteiger partial charge on any atom is -0.336 e. The fourth-order valence-corrected chi connectivity index (χ4v) is 3.63. The van der Waals surface area contributed by atoms with Gasteiger partial charge in [0.05, 0.1) is 0 Å². The highest BCUT2D eigenvalue weighted by molar-refractivity contribution is 5.96. The van der Waals surface area contributed by atoms with Gasteiger partial charge in [-0.25, -0.2) is 0 Å². The standard InChI is InChI=1S/C22H24N4O/c1-16-14-26(12-11-23-16)22(27)19-10-6-9-18(13-19)20-15-25(2)24-21(20)17-7-4-3-5-8-17/h3-10,13,15-16,23H,11-12,14H2,1-2H3/t16-/m0/s1. The maximum absolute atomic E-state index is 13.0. The van der Waals surface area contributed by atoms with Gasteiger partial charge in [-0.15, -0.1) is 0 Å². The minimum atomic E-state index is 0.0929. The van der Waals surface area contributed by atoms with Crippen molar-refractivity contribution in [3.63, 3.8) is 0 Å². The summed E-state index contributed by atoms with van der Waals surface area (Å²) in [5.41, 5.74) is 4.77. The van der Waals surface area contributed by atoms with Crippen molar-refractivity contribution in [3.05, 3.63) is 66.4 Å². The first-order chi connectivity index (χ1) is 13.1. The molecule has 1 atom stereocenters. The van der Waals surface area contributed by atoms with E-state index in [9.17, 15) is 4.79 Å². The number of aromatic nitrogens is 2. The Labute approximate surface area is 159 Å². The van der Waals surface area contributed by atoms with E-state index < -0.39 is 0 Å². The fraction of sp³-hybridized carbons (Fsp3) is 0.273. The summed E-state index contributed by atoms with van der Waals surface area (Å²) in [6.45, 7) is 4.44. The van der Waals surface area contributed by atoms with Crippen LogP contribution in [0.15, 0.2) is 60.8 Å². The second-order valence-electron chi connectivity index (χ2n) is 7.12. The summed E-state index contributed by atoms with van der Waals surface area (Å²) < 4.78 is 1.82. The summed E-state index contributed by atoms with van der Waals surface area (Å²) in [6, 6.07) is 18.4. The topological polar surface area (TPSA) is 50.2 Å². The molecule has 1 N–H and O–H groups in total. The number of amides is 1. The molecule has 2 heterocycles. The fourth-order valence-electron chi connectivity index (χ4n) is 3.63. The van der Waals surface area contributed by atoms with E-state index in [1.165, 1.54) is 0 Å². The molecule has 1 saturated heterocycles. The first-order valence-corrected chi connectivity index (χ1v) is 9.34. The van der Waals surface area contributed by atoms with Crippen LogP contribution in [0.4, 0.5) is 0 Å². The zero-order chi connectivity index (χ0) is 18.8.